The van der Waals surface area contributed by atoms with Crippen LogP contribution in [0.2, 0.25) is 0 Å². The van der Waals surface area contributed by atoms with E-state index in [0.29, 0.717) is 18.3 Å². The predicted octanol–water partition coefficient (Wildman–Crippen LogP) is 6.34. The van der Waals surface area contributed by atoms with Crippen molar-refractivity contribution in [1.82, 2.24) is 10.2 Å². The second-order valence-corrected chi connectivity index (χ2v) is 8.31. The Hall–Kier alpha value is -3.16. The molecule has 4 heteroatoms. The fraction of sp³-hybridized carbons (Fsp3) is 0.357. The zero-order valence-electron chi connectivity index (χ0n) is 19.1. The first-order chi connectivity index (χ1) is 15.7. The molecule has 1 atom stereocenters. The monoisotopic (exact) mass is 426 g/mol. The Bertz CT molecular complexity index is 967. The van der Waals surface area contributed by atoms with Gasteiger partial charge in [-0.1, -0.05) is 63.6 Å². The molecule has 1 aromatic carbocycles. The summed E-state index contributed by atoms with van der Waals surface area (Å²) in [6, 6.07) is 10.8. The van der Waals surface area contributed by atoms with Crippen LogP contribution in [0, 0.1) is 11.3 Å². The van der Waals surface area contributed by atoms with Crippen LogP contribution in [0.4, 0.5) is 0 Å². The third-order valence-electron chi connectivity index (χ3n) is 6.11. The molecule has 3 rings (SSSR count). The minimum atomic E-state index is 0.127. The van der Waals surface area contributed by atoms with Gasteiger partial charge in [0.2, 0.25) is 0 Å². The van der Waals surface area contributed by atoms with Gasteiger partial charge in [0.05, 0.1) is 30.1 Å². The van der Waals surface area contributed by atoms with Crippen molar-refractivity contribution in [1.29, 1.82) is 5.26 Å². The van der Waals surface area contributed by atoms with Crippen molar-refractivity contribution in [3.63, 3.8) is 0 Å². The number of hydrogen-bond donors (Lipinski definition) is 1. The van der Waals surface area contributed by atoms with Crippen molar-refractivity contribution in [3.05, 3.63) is 96.4 Å². The Morgan fingerprint density at radius 2 is 2.16 bits per heavy atom. The summed E-state index contributed by atoms with van der Waals surface area (Å²) >= 11 is 0. The Morgan fingerprint density at radius 1 is 1.34 bits per heavy atom. The van der Waals surface area contributed by atoms with Crippen LogP contribution < -0.4 is 5.32 Å². The molecule has 1 aromatic rings. The molecule has 1 aliphatic carbocycles. The molecule has 1 saturated carbocycles. The van der Waals surface area contributed by atoms with Gasteiger partial charge in [0.15, 0.2) is 0 Å². The number of benzene rings is 1. The number of allylic oxidation sites excluding steroid dienone is 6. The second-order valence-electron chi connectivity index (χ2n) is 8.31. The van der Waals surface area contributed by atoms with E-state index in [-0.39, 0.29) is 6.04 Å². The van der Waals surface area contributed by atoms with E-state index < -0.39 is 0 Å². The summed E-state index contributed by atoms with van der Waals surface area (Å²) in [7, 11) is 0. The molecule has 1 N–H and O–H groups in total. The van der Waals surface area contributed by atoms with E-state index in [0.717, 1.165) is 29.0 Å². The maximum atomic E-state index is 9.26. The number of nitriles is 1. The zero-order valence-corrected chi connectivity index (χ0v) is 19.1. The van der Waals surface area contributed by atoms with Crippen molar-refractivity contribution in [2.75, 3.05) is 6.67 Å². The van der Waals surface area contributed by atoms with Gasteiger partial charge in [0.1, 0.15) is 0 Å². The van der Waals surface area contributed by atoms with Crippen molar-refractivity contribution < 1.29 is 0 Å². The number of rotatable bonds is 9. The van der Waals surface area contributed by atoms with Gasteiger partial charge in [-0.05, 0) is 55.2 Å². The van der Waals surface area contributed by atoms with Gasteiger partial charge in [-0.15, -0.1) is 0 Å². The Kier molecular flexibility index (Phi) is 8.83. The largest absolute Gasteiger partial charge is 0.341 e. The number of nitrogens with one attached hydrogen (secondary N) is 1. The molecule has 0 amide bonds. The molecule has 1 heterocycles. The zero-order chi connectivity index (χ0) is 22.8. The van der Waals surface area contributed by atoms with Gasteiger partial charge in [0, 0.05) is 23.5 Å². The Balaban J connectivity index is 1.75. The van der Waals surface area contributed by atoms with Gasteiger partial charge in [-0.25, -0.2) is 0 Å². The van der Waals surface area contributed by atoms with Crippen molar-refractivity contribution in [2.45, 2.75) is 57.5 Å². The smallest absolute Gasteiger partial charge is 0.0991 e. The number of aliphatic imine (C=N–C) groups is 1. The second kappa shape index (κ2) is 12.0. The average Bonchev–Trinajstić information content (AvgIpc) is 2.83. The van der Waals surface area contributed by atoms with E-state index in [9.17, 15) is 5.26 Å². The molecule has 32 heavy (non-hydrogen) atoms. The molecule has 0 aromatic heterocycles. The summed E-state index contributed by atoms with van der Waals surface area (Å²) in [6.07, 6.45) is 19.3. The molecule has 0 saturated heterocycles. The summed E-state index contributed by atoms with van der Waals surface area (Å²) in [5, 5.41) is 12.9. The van der Waals surface area contributed by atoms with Crippen LogP contribution in [-0.2, 0) is 0 Å². The molecule has 0 bridgehead atoms. The van der Waals surface area contributed by atoms with Crippen molar-refractivity contribution in [3.8, 4) is 6.07 Å². The minimum absolute atomic E-state index is 0.127. The molecular formula is C28H34N4. The third-order valence-corrected chi connectivity index (χ3v) is 6.11. The highest BCUT2D eigenvalue weighted by Gasteiger charge is 2.21. The molecule has 1 unspecified atom stereocenters. The van der Waals surface area contributed by atoms with E-state index in [2.05, 4.69) is 60.8 Å². The first-order valence-corrected chi connectivity index (χ1v) is 11.6. The maximum absolute atomic E-state index is 9.26. The number of nitrogens with zero attached hydrogens (tertiary/aromatic N) is 3. The van der Waals surface area contributed by atoms with Crippen LogP contribution in [0.3, 0.4) is 0 Å². The molecule has 1 fully saturated rings. The lowest BCUT2D eigenvalue weighted by Gasteiger charge is -2.33. The fourth-order valence-electron chi connectivity index (χ4n) is 4.40. The SMILES string of the molecule is C=C/C=C\C(=N/CNC1CCCCC1)C1=CC(=C)N(C(CC)c2cccc(C#N)c2)C=C1. The lowest BCUT2D eigenvalue weighted by molar-refractivity contribution is 0.344. The maximum Gasteiger partial charge on any atom is 0.0991 e. The number of hydrogen-bond acceptors (Lipinski definition) is 4. The summed E-state index contributed by atoms with van der Waals surface area (Å²) in [5.74, 6) is 0. The van der Waals surface area contributed by atoms with E-state index in [4.69, 9.17) is 4.99 Å². The normalized spacial score (nSPS) is 18.5. The van der Waals surface area contributed by atoms with E-state index in [1.54, 1.807) is 6.08 Å². The Labute approximate surface area is 193 Å². The molecule has 0 radical (unpaired) electrons. The Morgan fingerprint density at radius 3 is 2.84 bits per heavy atom. The summed E-state index contributed by atoms with van der Waals surface area (Å²) in [6.45, 7) is 10.9. The van der Waals surface area contributed by atoms with Crippen LogP contribution in [0.1, 0.15) is 62.6 Å². The van der Waals surface area contributed by atoms with Gasteiger partial charge in [-0.3, -0.25) is 10.3 Å². The van der Waals surface area contributed by atoms with Gasteiger partial charge < -0.3 is 4.90 Å². The molecular weight excluding hydrogens is 392 g/mol. The van der Waals surface area contributed by atoms with E-state index in [1.165, 1.54) is 32.1 Å². The minimum Gasteiger partial charge on any atom is -0.341 e. The molecule has 4 nitrogen and oxygen atoms in total. The lowest BCUT2D eigenvalue weighted by Crippen LogP contribution is -2.31. The van der Waals surface area contributed by atoms with Crippen molar-refractivity contribution >= 4 is 5.71 Å². The summed E-state index contributed by atoms with van der Waals surface area (Å²) in [4.78, 5) is 7.02. The molecule has 1 aliphatic heterocycles. The highest BCUT2D eigenvalue weighted by Crippen LogP contribution is 2.31. The quantitative estimate of drug-likeness (QED) is 0.370. The van der Waals surface area contributed by atoms with Gasteiger partial charge in [0.25, 0.3) is 0 Å². The van der Waals surface area contributed by atoms with E-state index >= 15 is 0 Å². The fourth-order valence-corrected chi connectivity index (χ4v) is 4.40. The average molecular weight is 427 g/mol. The van der Waals surface area contributed by atoms with Gasteiger partial charge in [-0.2, -0.15) is 5.26 Å². The van der Waals surface area contributed by atoms with E-state index in [1.807, 2.05) is 30.4 Å². The van der Waals surface area contributed by atoms with Crippen LogP contribution in [0.25, 0.3) is 0 Å². The van der Waals surface area contributed by atoms with Crippen LogP contribution >= 0.6 is 0 Å². The van der Waals surface area contributed by atoms with Crippen LogP contribution in [0.5, 0.6) is 0 Å². The highest BCUT2D eigenvalue weighted by atomic mass is 15.2. The molecule has 2 aliphatic rings. The van der Waals surface area contributed by atoms with Crippen molar-refractivity contribution in [2.24, 2.45) is 4.99 Å². The standard InChI is InChI=1S/C28H34N4/c1-4-6-15-27(31-21-30-26-13-8-7-9-14-26)24-16-17-32(22(3)18-24)28(5-2)25-12-10-11-23(19-25)20-29/h4,6,10-12,15-19,26,28,30H,1,3,5,7-9,13-14,21H2,2H3/b15-6-,31-27+. The van der Waals surface area contributed by atoms with Gasteiger partial charge >= 0.3 is 0 Å². The topological polar surface area (TPSA) is 51.4 Å². The highest BCUT2D eigenvalue weighted by molar-refractivity contribution is 6.10. The van der Waals surface area contributed by atoms with Crippen LogP contribution in [-0.4, -0.2) is 23.3 Å². The summed E-state index contributed by atoms with van der Waals surface area (Å²) in [5.41, 5.74) is 4.67. The summed E-state index contributed by atoms with van der Waals surface area (Å²) < 4.78 is 0. The molecule has 0 spiro atoms. The predicted molar refractivity (Wildman–Crippen MR) is 134 cm³/mol. The molecule has 166 valence electrons. The van der Waals surface area contributed by atoms with Crippen LogP contribution in [0.15, 0.2) is 90.3 Å². The first kappa shape index (κ1) is 23.5. The lowest BCUT2D eigenvalue weighted by atomic mass is 9.96. The third kappa shape index (κ3) is 6.18. The first-order valence-electron chi connectivity index (χ1n) is 11.6.